The Hall–Kier alpha value is -2.92. The molecule has 0 bridgehead atoms. The third-order valence-corrected chi connectivity index (χ3v) is 4.59. The molecule has 3 rings (SSSR count). The van der Waals surface area contributed by atoms with Crippen LogP contribution in [0.25, 0.3) is 11.3 Å². The van der Waals surface area contributed by atoms with E-state index in [0.29, 0.717) is 16.4 Å². The van der Waals surface area contributed by atoms with Crippen molar-refractivity contribution in [1.82, 2.24) is 9.97 Å². The highest BCUT2D eigenvalue weighted by Crippen LogP contribution is 2.24. The van der Waals surface area contributed by atoms with E-state index in [2.05, 4.69) is 34.0 Å². The van der Waals surface area contributed by atoms with Crippen molar-refractivity contribution in [2.45, 2.75) is 13.8 Å². The minimum atomic E-state index is -0.260. The van der Waals surface area contributed by atoms with Crippen LogP contribution in [0.1, 0.15) is 24.3 Å². The van der Waals surface area contributed by atoms with Crippen LogP contribution in [-0.2, 0) is 0 Å². The zero-order chi connectivity index (χ0) is 19.2. The van der Waals surface area contributed by atoms with E-state index in [1.807, 2.05) is 24.3 Å². The van der Waals surface area contributed by atoms with Crippen LogP contribution in [-0.4, -0.2) is 29.0 Å². The van der Waals surface area contributed by atoms with Crippen LogP contribution in [0.2, 0.25) is 5.02 Å². The van der Waals surface area contributed by atoms with Gasteiger partial charge in [-0.3, -0.25) is 14.8 Å². The molecule has 27 heavy (non-hydrogen) atoms. The smallest absolute Gasteiger partial charge is 0.274 e. The largest absolute Gasteiger partial charge is 0.372 e. The molecule has 0 saturated carbocycles. The van der Waals surface area contributed by atoms with Crippen molar-refractivity contribution in [3.8, 4) is 11.3 Å². The van der Waals surface area contributed by atoms with Gasteiger partial charge < -0.3 is 10.2 Å². The molecule has 0 aliphatic heterocycles. The number of rotatable bonds is 6. The predicted octanol–water partition coefficient (Wildman–Crippen LogP) is 4.90. The lowest BCUT2D eigenvalue weighted by Crippen LogP contribution is -2.21. The summed E-state index contributed by atoms with van der Waals surface area (Å²) in [6, 6.07) is 14.8. The maximum atomic E-state index is 12.4. The van der Waals surface area contributed by atoms with E-state index < -0.39 is 0 Å². The van der Waals surface area contributed by atoms with Gasteiger partial charge in [0.05, 0.1) is 10.7 Å². The molecule has 1 aromatic carbocycles. The van der Waals surface area contributed by atoms with Crippen molar-refractivity contribution < 1.29 is 4.79 Å². The zero-order valence-corrected chi connectivity index (χ0v) is 16.1. The number of pyridine rings is 2. The number of amides is 1. The molecule has 6 heteroatoms. The van der Waals surface area contributed by atoms with Crippen LogP contribution in [0.3, 0.4) is 0 Å². The molecule has 0 unspecified atom stereocenters. The first-order chi connectivity index (χ1) is 13.1. The van der Waals surface area contributed by atoms with Gasteiger partial charge >= 0.3 is 0 Å². The summed E-state index contributed by atoms with van der Waals surface area (Å²) in [5.41, 5.74) is 3.60. The monoisotopic (exact) mass is 380 g/mol. The molecule has 1 amide bonds. The van der Waals surface area contributed by atoms with Gasteiger partial charge in [-0.1, -0.05) is 11.6 Å². The maximum absolute atomic E-state index is 12.4. The second-order valence-corrected chi connectivity index (χ2v) is 6.35. The third kappa shape index (κ3) is 4.44. The Bertz CT molecular complexity index is 906. The van der Waals surface area contributed by atoms with Crippen LogP contribution in [0.5, 0.6) is 0 Å². The summed E-state index contributed by atoms with van der Waals surface area (Å²) in [6.45, 7) is 6.12. The lowest BCUT2D eigenvalue weighted by Gasteiger charge is -2.21. The van der Waals surface area contributed by atoms with Gasteiger partial charge in [-0.15, -0.1) is 0 Å². The Labute approximate surface area is 164 Å². The average Bonchev–Trinajstić information content (AvgIpc) is 2.71. The molecule has 0 radical (unpaired) electrons. The summed E-state index contributed by atoms with van der Waals surface area (Å²) < 4.78 is 0. The molecule has 2 aromatic heterocycles. The van der Waals surface area contributed by atoms with E-state index in [4.69, 9.17) is 11.6 Å². The third-order valence-electron chi connectivity index (χ3n) is 4.28. The van der Waals surface area contributed by atoms with E-state index in [0.717, 1.165) is 30.0 Å². The second-order valence-electron chi connectivity index (χ2n) is 5.94. The molecule has 5 nitrogen and oxygen atoms in total. The van der Waals surface area contributed by atoms with Gasteiger partial charge in [-0.05, 0) is 62.4 Å². The van der Waals surface area contributed by atoms with Crippen molar-refractivity contribution in [2.24, 2.45) is 0 Å². The second kappa shape index (κ2) is 8.64. The van der Waals surface area contributed by atoms with Crippen LogP contribution in [0.4, 0.5) is 11.4 Å². The quantitative estimate of drug-likeness (QED) is 0.661. The SMILES string of the molecule is CCN(CC)c1ccc(NC(=O)c2ccc(-c3ncccc3Cl)cn2)cc1. The number of benzene rings is 1. The number of halogens is 1. The van der Waals surface area contributed by atoms with E-state index in [9.17, 15) is 4.79 Å². The molecule has 0 spiro atoms. The van der Waals surface area contributed by atoms with Gasteiger partial charge in [0.15, 0.2) is 0 Å². The fourth-order valence-corrected chi connectivity index (χ4v) is 3.04. The van der Waals surface area contributed by atoms with E-state index in [1.54, 1.807) is 36.7 Å². The van der Waals surface area contributed by atoms with Crippen molar-refractivity contribution in [3.63, 3.8) is 0 Å². The number of nitrogens with zero attached hydrogens (tertiary/aromatic N) is 3. The minimum Gasteiger partial charge on any atom is -0.372 e. The highest BCUT2D eigenvalue weighted by molar-refractivity contribution is 6.33. The average molecular weight is 381 g/mol. The zero-order valence-electron chi connectivity index (χ0n) is 15.3. The van der Waals surface area contributed by atoms with Crippen LogP contribution < -0.4 is 10.2 Å². The molecule has 0 aliphatic carbocycles. The lowest BCUT2D eigenvalue weighted by atomic mass is 10.1. The van der Waals surface area contributed by atoms with Crippen molar-refractivity contribution >= 4 is 28.9 Å². The summed E-state index contributed by atoms with van der Waals surface area (Å²) in [5.74, 6) is -0.260. The Morgan fingerprint density at radius 3 is 2.37 bits per heavy atom. The number of hydrogen-bond acceptors (Lipinski definition) is 4. The minimum absolute atomic E-state index is 0.260. The topological polar surface area (TPSA) is 58.1 Å². The van der Waals surface area contributed by atoms with Gasteiger partial charge in [-0.2, -0.15) is 0 Å². The molecule has 2 heterocycles. The first-order valence-electron chi connectivity index (χ1n) is 8.85. The molecular formula is C21H21ClN4O. The lowest BCUT2D eigenvalue weighted by molar-refractivity contribution is 0.102. The van der Waals surface area contributed by atoms with Crippen LogP contribution in [0, 0.1) is 0 Å². The molecule has 138 valence electrons. The Kier molecular flexibility index (Phi) is 6.04. The number of carbonyl (C=O) groups is 1. The van der Waals surface area contributed by atoms with Crippen molar-refractivity contribution in [1.29, 1.82) is 0 Å². The summed E-state index contributed by atoms with van der Waals surface area (Å²) >= 11 is 6.15. The molecule has 0 aliphatic rings. The van der Waals surface area contributed by atoms with E-state index >= 15 is 0 Å². The van der Waals surface area contributed by atoms with Gasteiger partial charge in [0, 0.05) is 42.4 Å². The summed E-state index contributed by atoms with van der Waals surface area (Å²) in [4.78, 5) is 23.2. The maximum Gasteiger partial charge on any atom is 0.274 e. The number of aromatic nitrogens is 2. The van der Waals surface area contributed by atoms with Gasteiger partial charge in [0.25, 0.3) is 5.91 Å². The van der Waals surface area contributed by atoms with E-state index in [1.165, 1.54) is 0 Å². The summed E-state index contributed by atoms with van der Waals surface area (Å²) in [5, 5.41) is 3.42. The Morgan fingerprint density at radius 1 is 1.04 bits per heavy atom. The van der Waals surface area contributed by atoms with Crippen LogP contribution >= 0.6 is 11.6 Å². The highest BCUT2D eigenvalue weighted by atomic mass is 35.5. The summed E-state index contributed by atoms with van der Waals surface area (Å²) in [6.07, 6.45) is 3.27. The number of hydrogen-bond donors (Lipinski definition) is 1. The predicted molar refractivity (Wildman–Crippen MR) is 110 cm³/mol. The molecule has 0 fully saturated rings. The molecule has 3 aromatic rings. The highest BCUT2D eigenvalue weighted by Gasteiger charge is 2.10. The first-order valence-corrected chi connectivity index (χ1v) is 9.23. The molecular weight excluding hydrogens is 360 g/mol. The summed E-state index contributed by atoms with van der Waals surface area (Å²) in [7, 11) is 0. The fraction of sp³-hybridized carbons (Fsp3) is 0.190. The Balaban J connectivity index is 1.70. The molecule has 1 N–H and O–H groups in total. The number of nitrogens with one attached hydrogen (secondary N) is 1. The van der Waals surface area contributed by atoms with Gasteiger partial charge in [0.2, 0.25) is 0 Å². The normalized spacial score (nSPS) is 10.5. The molecule has 0 saturated heterocycles. The van der Waals surface area contributed by atoms with Crippen molar-refractivity contribution in [3.05, 3.63) is 71.6 Å². The Morgan fingerprint density at radius 2 is 1.78 bits per heavy atom. The first kappa shape index (κ1) is 18.9. The van der Waals surface area contributed by atoms with Gasteiger partial charge in [0.1, 0.15) is 5.69 Å². The van der Waals surface area contributed by atoms with Crippen molar-refractivity contribution in [2.75, 3.05) is 23.3 Å². The molecule has 0 atom stereocenters. The van der Waals surface area contributed by atoms with E-state index in [-0.39, 0.29) is 5.91 Å². The number of anilines is 2. The van der Waals surface area contributed by atoms with Crippen LogP contribution in [0.15, 0.2) is 60.9 Å². The fourth-order valence-electron chi connectivity index (χ4n) is 2.81. The van der Waals surface area contributed by atoms with Gasteiger partial charge in [-0.25, -0.2) is 0 Å². The standard InChI is InChI=1S/C21H21ClN4O/c1-3-26(4-2)17-10-8-16(9-11-17)25-21(27)19-12-7-15(14-24-19)20-18(22)6-5-13-23-20/h5-14H,3-4H2,1-2H3,(H,25,27). The number of carbonyl (C=O) groups excluding carboxylic acids is 1.